The Kier molecular flexibility index (Phi) is 5.53. The molecule has 1 fully saturated rings. The Bertz CT molecular complexity index is 412. The summed E-state index contributed by atoms with van der Waals surface area (Å²) < 4.78 is 0. The van der Waals surface area contributed by atoms with Gasteiger partial charge in [-0.15, -0.1) is 11.8 Å². The normalized spacial score (nSPS) is 34.9. The molecule has 0 radical (unpaired) electrons. The van der Waals surface area contributed by atoms with Crippen molar-refractivity contribution in [1.29, 1.82) is 0 Å². The highest BCUT2D eigenvalue weighted by Crippen LogP contribution is 2.54. The molecule has 22 heavy (non-hydrogen) atoms. The predicted octanol–water partition coefficient (Wildman–Crippen LogP) is 6.23. The van der Waals surface area contributed by atoms with Crippen molar-refractivity contribution in [2.45, 2.75) is 97.1 Å². The van der Waals surface area contributed by atoms with Crippen molar-refractivity contribution in [2.24, 2.45) is 16.7 Å². The van der Waals surface area contributed by atoms with E-state index in [9.17, 15) is 0 Å². The molecule has 0 N–H and O–H groups in total. The van der Waals surface area contributed by atoms with Crippen LogP contribution in [0, 0.1) is 16.7 Å². The summed E-state index contributed by atoms with van der Waals surface area (Å²) in [4.78, 5) is 1.65. The molecule has 2 heteroatoms. The molecule has 0 nitrogen and oxygen atoms in total. The van der Waals surface area contributed by atoms with Crippen LogP contribution < -0.4 is 0 Å². The molecule has 3 atom stereocenters. The number of fused-ring (bicyclic) bond motifs is 1. The Morgan fingerprint density at radius 3 is 2.23 bits per heavy atom. The molecule has 1 aliphatic carbocycles. The van der Waals surface area contributed by atoms with Crippen LogP contribution in [0.4, 0.5) is 0 Å². The molecule has 3 unspecified atom stereocenters. The van der Waals surface area contributed by atoms with Crippen molar-refractivity contribution >= 4 is 19.6 Å². The van der Waals surface area contributed by atoms with Crippen LogP contribution in [0.1, 0.15) is 86.5 Å². The van der Waals surface area contributed by atoms with E-state index in [0.29, 0.717) is 16.1 Å². The van der Waals surface area contributed by atoms with Gasteiger partial charge in [-0.3, -0.25) is 0 Å². The summed E-state index contributed by atoms with van der Waals surface area (Å²) in [7, 11) is 2.55. The second kappa shape index (κ2) is 6.57. The lowest BCUT2D eigenvalue weighted by Gasteiger charge is -2.44. The number of allylic oxidation sites excluding steroid dienone is 2. The summed E-state index contributed by atoms with van der Waals surface area (Å²) in [5.74, 6) is 0.846. The highest BCUT2D eigenvalue weighted by molar-refractivity contribution is 8.04. The Hall–Kier alpha value is 0.155. The fourth-order valence-electron chi connectivity index (χ4n) is 4.02. The second-order valence-corrected chi connectivity index (χ2v) is 11.3. The first-order chi connectivity index (χ1) is 10.0. The molecule has 0 aromatic heterocycles. The van der Waals surface area contributed by atoms with E-state index < -0.39 is 0 Å². The molecule has 126 valence electrons. The number of rotatable bonds is 0. The van der Waals surface area contributed by atoms with Gasteiger partial charge in [0.15, 0.2) is 0 Å². The largest absolute Gasteiger partial charge is 0.126 e. The molecular formula is C20H37BS. The molecule has 2 aliphatic rings. The topological polar surface area (TPSA) is 0 Å². The Labute approximate surface area is 144 Å². The third-order valence-electron chi connectivity index (χ3n) is 6.40. The fraction of sp³-hybridized carbons (Fsp3) is 0.900. The molecule has 0 saturated heterocycles. The highest BCUT2D eigenvalue weighted by Gasteiger charge is 2.38. The maximum atomic E-state index is 2.64. The van der Waals surface area contributed by atoms with Crippen LogP contribution in [-0.2, 0) is 0 Å². The summed E-state index contributed by atoms with van der Waals surface area (Å²) in [6.45, 7) is 14.5. The zero-order valence-electron chi connectivity index (χ0n) is 16.1. The number of hydrogen-bond acceptors (Lipinski definition) is 1. The molecular weight excluding hydrogens is 283 g/mol. The van der Waals surface area contributed by atoms with Crippen molar-refractivity contribution in [2.75, 3.05) is 0 Å². The van der Waals surface area contributed by atoms with Gasteiger partial charge < -0.3 is 0 Å². The van der Waals surface area contributed by atoms with Crippen LogP contribution in [-0.4, -0.2) is 13.1 Å². The average molecular weight is 320 g/mol. The lowest BCUT2D eigenvalue weighted by Crippen LogP contribution is -2.30. The van der Waals surface area contributed by atoms with Crippen LogP contribution in [0.2, 0.25) is 5.31 Å². The highest BCUT2D eigenvalue weighted by atomic mass is 32.2. The second-order valence-electron chi connectivity index (χ2n) is 10.0. The molecule has 0 amide bonds. The van der Waals surface area contributed by atoms with Gasteiger partial charge in [0.05, 0.1) is 0 Å². The number of thioether (sulfide) groups is 1. The molecule has 0 aromatic carbocycles. The van der Waals surface area contributed by atoms with Crippen LogP contribution >= 0.6 is 11.8 Å². The maximum Gasteiger partial charge on any atom is 0.110 e. The van der Waals surface area contributed by atoms with Crippen LogP contribution in [0.25, 0.3) is 0 Å². The summed E-state index contributed by atoms with van der Waals surface area (Å²) in [5.41, 5.74) is 0.779. The van der Waals surface area contributed by atoms with Crippen molar-refractivity contribution < 1.29 is 0 Å². The minimum absolute atomic E-state index is 0.345. The molecule has 1 saturated carbocycles. The van der Waals surface area contributed by atoms with Gasteiger partial charge in [-0.25, -0.2) is 0 Å². The van der Waals surface area contributed by atoms with Gasteiger partial charge >= 0.3 is 0 Å². The van der Waals surface area contributed by atoms with Gasteiger partial charge in [0.2, 0.25) is 0 Å². The molecule has 0 bridgehead atoms. The van der Waals surface area contributed by atoms with Gasteiger partial charge in [0.25, 0.3) is 0 Å². The van der Waals surface area contributed by atoms with Crippen molar-refractivity contribution in [1.82, 2.24) is 0 Å². The van der Waals surface area contributed by atoms with Crippen molar-refractivity contribution in [3.8, 4) is 0 Å². The molecule has 1 aliphatic heterocycles. The standard InChI is InChI=1S/C20H37BS/c1-18(2,3)17-14-15-10-7-8-12-20(21,19(4,5)6)13-9-11-16(15)22-17/h14-16H,7-13,21H2,1-6H3. The lowest BCUT2D eigenvalue weighted by atomic mass is 9.50. The van der Waals surface area contributed by atoms with E-state index in [0.717, 1.165) is 11.2 Å². The summed E-state index contributed by atoms with van der Waals surface area (Å²) in [5, 5.41) is 1.38. The molecule has 0 spiro atoms. The SMILES string of the molecule is BC1(C(C)(C)C)CCCCC2C=C(C(C)(C)C)SC2CCC1. The quantitative estimate of drug-likeness (QED) is 0.477. The van der Waals surface area contributed by atoms with Crippen LogP contribution in [0.15, 0.2) is 11.0 Å². The zero-order chi connectivity index (χ0) is 16.6. The van der Waals surface area contributed by atoms with Crippen molar-refractivity contribution in [3.63, 3.8) is 0 Å². The first kappa shape index (κ1) is 18.5. The predicted molar refractivity (Wildman–Crippen MR) is 105 cm³/mol. The Morgan fingerprint density at radius 2 is 1.64 bits per heavy atom. The smallest absolute Gasteiger partial charge is 0.110 e. The van der Waals surface area contributed by atoms with E-state index in [1.807, 2.05) is 0 Å². The average Bonchev–Trinajstić information content (AvgIpc) is 2.77. The van der Waals surface area contributed by atoms with Crippen molar-refractivity contribution in [3.05, 3.63) is 11.0 Å². The maximum absolute atomic E-state index is 2.64. The van der Waals surface area contributed by atoms with Gasteiger partial charge in [0.1, 0.15) is 7.85 Å². The third kappa shape index (κ3) is 4.16. The Morgan fingerprint density at radius 1 is 1.00 bits per heavy atom. The monoisotopic (exact) mass is 320 g/mol. The minimum atomic E-state index is 0.345. The van der Waals surface area contributed by atoms with Crippen LogP contribution in [0.3, 0.4) is 0 Å². The van der Waals surface area contributed by atoms with E-state index in [1.54, 1.807) is 4.91 Å². The summed E-state index contributed by atoms with van der Waals surface area (Å²) in [6, 6.07) is 0. The Balaban J connectivity index is 2.05. The van der Waals surface area contributed by atoms with E-state index in [-0.39, 0.29) is 0 Å². The zero-order valence-corrected chi connectivity index (χ0v) is 16.9. The summed E-state index contributed by atoms with van der Waals surface area (Å²) in [6.07, 6.45) is 12.5. The third-order valence-corrected chi connectivity index (χ3v) is 8.29. The van der Waals surface area contributed by atoms with Gasteiger partial charge in [-0.1, -0.05) is 85.0 Å². The van der Waals surface area contributed by atoms with Crippen LogP contribution in [0.5, 0.6) is 0 Å². The first-order valence-corrected chi connectivity index (χ1v) is 10.3. The molecule has 0 aromatic rings. The molecule has 1 heterocycles. The minimum Gasteiger partial charge on any atom is -0.126 e. The molecule has 2 rings (SSSR count). The van der Waals surface area contributed by atoms with E-state index in [4.69, 9.17) is 0 Å². The lowest BCUT2D eigenvalue weighted by molar-refractivity contribution is 0.216. The fourth-order valence-corrected chi connectivity index (χ4v) is 5.63. The van der Waals surface area contributed by atoms with Gasteiger partial charge in [0, 0.05) is 5.25 Å². The summed E-state index contributed by atoms with van der Waals surface area (Å²) >= 11 is 2.21. The van der Waals surface area contributed by atoms with Gasteiger partial charge in [-0.2, -0.15) is 0 Å². The van der Waals surface area contributed by atoms with E-state index in [1.165, 1.54) is 44.9 Å². The van der Waals surface area contributed by atoms with Gasteiger partial charge in [-0.05, 0) is 34.5 Å². The van der Waals surface area contributed by atoms with E-state index in [2.05, 4.69) is 67.2 Å². The number of hydrogen-bond donors (Lipinski definition) is 0. The first-order valence-electron chi connectivity index (χ1n) is 9.42. The van der Waals surface area contributed by atoms with E-state index >= 15 is 0 Å².